The van der Waals surface area contributed by atoms with Crippen molar-refractivity contribution in [1.29, 1.82) is 0 Å². The van der Waals surface area contributed by atoms with Gasteiger partial charge in [-0.15, -0.1) is 0 Å². The van der Waals surface area contributed by atoms with Crippen LogP contribution in [-0.2, 0) is 9.53 Å². The van der Waals surface area contributed by atoms with Crippen molar-refractivity contribution in [3.8, 4) is 0 Å². The number of hydrogen-bond donors (Lipinski definition) is 3. The van der Waals surface area contributed by atoms with Crippen molar-refractivity contribution in [3.05, 3.63) is 23.5 Å². The number of carboxylic acids is 1. The van der Waals surface area contributed by atoms with Gasteiger partial charge in [-0.1, -0.05) is 6.08 Å². The molecule has 0 aromatic heterocycles. The van der Waals surface area contributed by atoms with Gasteiger partial charge in [-0.2, -0.15) is 0 Å². The summed E-state index contributed by atoms with van der Waals surface area (Å²) in [6, 6.07) is 0. The fourth-order valence-corrected chi connectivity index (χ4v) is 2.00. The van der Waals surface area contributed by atoms with Crippen LogP contribution in [0.25, 0.3) is 0 Å². The fourth-order valence-electron chi connectivity index (χ4n) is 2.00. The monoisotopic (exact) mass is 238 g/mol. The lowest BCUT2D eigenvalue weighted by atomic mass is 10.0. The lowest BCUT2D eigenvalue weighted by Gasteiger charge is -2.24. The Bertz CT molecular complexity index is 344. The zero-order chi connectivity index (χ0) is 12.1. The molecule has 2 aliphatic heterocycles. The second-order valence-electron chi connectivity index (χ2n) is 4.34. The van der Waals surface area contributed by atoms with Gasteiger partial charge < -0.3 is 20.5 Å². The molecular formula is C12H18N2O3. The van der Waals surface area contributed by atoms with Gasteiger partial charge in [0.05, 0.1) is 11.4 Å². The number of dihydropyridines is 1. The zero-order valence-corrected chi connectivity index (χ0v) is 9.74. The van der Waals surface area contributed by atoms with E-state index in [2.05, 4.69) is 10.6 Å². The molecule has 17 heavy (non-hydrogen) atoms. The lowest BCUT2D eigenvalue weighted by molar-refractivity contribution is -0.132. The summed E-state index contributed by atoms with van der Waals surface area (Å²) in [6.45, 7) is 3.10. The van der Waals surface area contributed by atoms with Crippen molar-refractivity contribution in [2.24, 2.45) is 5.92 Å². The van der Waals surface area contributed by atoms with Crippen LogP contribution in [-0.4, -0.2) is 37.4 Å². The molecule has 0 spiro atoms. The van der Waals surface area contributed by atoms with Crippen LogP contribution in [0.2, 0.25) is 0 Å². The third-order valence-electron chi connectivity index (χ3n) is 3.08. The second kappa shape index (κ2) is 5.72. The van der Waals surface area contributed by atoms with E-state index in [0.717, 1.165) is 38.4 Å². The normalized spacial score (nSPS) is 21.2. The number of rotatable bonds is 4. The summed E-state index contributed by atoms with van der Waals surface area (Å²) in [5.74, 6) is 0.541. The van der Waals surface area contributed by atoms with E-state index in [-0.39, 0.29) is 0 Å². The van der Waals surface area contributed by atoms with Gasteiger partial charge in [0.1, 0.15) is 0 Å². The highest BCUT2D eigenvalue weighted by Gasteiger charge is 2.15. The van der Waals surface area contributed by atoms with Crippen molar-refractivity contribution in [2.45, 2.75) is 12.8 Å². The van der Waals surface area contributed by atoms with Crippen LogP contribution in [0, 0.1) is 5.92 Å². The molecule has 0 amide bonds. The van der Waals surface area contributed by atoms with E-state index >= 15 is 0 Å². The summed E-state index contributed by atoms with van der Waals surface area (Å²) in [4.78, 5) is 10.8. The van der Waals surface area contributed by atoms with Gasteiger partial charge in [-0.25, -0.2) is 4.79 Å². The summed E-state index contributed by atoms with van der Waals surface area (Å²) in [5, 5.41) is 15.3. The first-order valence-electron chi connectivity index (χ1n) is 5.96. The molecule has 1 saturated heterocycles. The van der Waals surface area contributed by atoms with Crippen molar-refractivity contribution in [3.63, 3.8) is 0 Å². The van der Waals surface area contributed by atoms with E-state index in [4.69, 9.17) is 9.84 Å². The molecule has 3 N–H and O–H groups in total. The molecule has 0 atom stereocenters. The SMILES string of the molecule is O=C(O)C1=CCNC(NCC2CCOCC2)=C1. The maximum Gasteiger partial charge on any atom is 0.335 e. The van der Waals surface area contributed by atoms with E-state index in [0.29, 0.717) is 18.0 Å². The maximum absolute atomic E-state index is 10.8. The summed E-state index contributed by atoms with van der Waals surface area (Å²) >= 11 is 0. The van der Waals surface area contributed by atoms with Crippen LogP contribution in [0.5, 0.6) is 0 Å². The average molecular weight is 238 g/mol. The molecule has 2 rings (SSSR count). The van der Waals surface area contributed by atoms with E-state index in [1.165, 1.54) is 0 Å². The smallest absolute Gasteiger partial charge is 0.335 e. The maximum atomic E-state index is 10.8. The van der Waals surface area contributed by atoms with Gasteiger partial charge >= 0.3 is 5.97 Å². The first-order valence-corrected chi connectivity index (χ1v) is 5.96. The van der Waals surface area contributed by atoms with Gasteiger partial charge in [0.2, 0.25) is 0 Å². The molecular weight excluding hydrogens is 220 g/mol. The predicted octanol–water partition coefficient (Wildman–Crippen LogP) is 0.458. The van der Waals surface area contributed by atoms with Crippen LogP contribution in [0.1, 0.15) is 12.8 Å². The summed E-state index contributed by atoms with van der Waals surface area (Å²) in [6.07, 6.45) is 5.46. The number of ether oxygens (including phenoxy) is 1. The fraction of sp³-hybridized carbons (Fsp3) is 0.583. The molecule has 2 heterocycles. The number of aliphatic carboxylic acids is 1. The van der Waals surface area contributed by atoms with Crippen LogP contribution >= 0.6 is 0 Å². The third-order valence-corrected chi connectivity index (χ3v) is 3.08. The van der Waals surface area contributed by atoms with Crippen LogP contribution in [0.15, 0.2) is 23.5 Å². The molecule has 0 saturated carbocycles. The summed E-state index contributed by atoms with van der Waals surface area (Å²) in [7, 11) is 0. The van der Waals surface area contributed by atoms with Gasteiger partial charge in [-0.3, -0.25) is 0 Å². The van der Waals surface area contributed by atoms with Crippen LogP contribution in [0.4, 0.5) is 0 Å². The van der Waals surface area contributed by atoms with Gasteiger partial charge in [-0.05, 0) is 24.8 Å². The van der Waals surface area contributed by atoms with E-state index < -0.39 is 5.97 Å². The Labute approximate surface area is 101 Å². The molecule has 2 aliphatic rings. The summed E-state index contributed by atoms with van der Waals surface area (Å²) < 4.78 is 5.30. The highest BCUT2D eigenvalue weighted by molar-refractivity contribution is 5.90. The molecule has 0 aromatic carbocycles. The van der Waals surface area contributed by atoms with Gasteiger partial charge in [0, 0.05) is 26.3 Å². The van der Waals surface area contributed by atoms with E-state index in [9.17, 15) is 4.79 Å². The van der Waals surface area contributed by atoms with Gasteiger partial charge in [0.25, 0.3) is 0 Å². The Hall–Kier alpha value is -1.49. The van der Waals surface area contributed by atoms with Crippen molar-refractivity contribution < 1.29 is 14.6 Å². The van der Waals surface area contributed by atoms with Crippen molar-refractivity contribution >= 4 is 5.97 Å². The molecule has 5 nitrogen and oxygen atoms in total. The number of nitrogens with one attached hydrogen (secondary N) is 2. The molecule has 94 valence electrons. The Balaban J connectivity index is 1.82. The Morgan fingerprint density at radius 3 is 3.00 bits per heavy atom. The first kappa shape index (κ1) is 12.0. The minimum Gasteiger partial charge on any atom is -0.478 e. The Morgan fingerprint density at radius 1 is 1.53 bits per heavy atom. The second-order valence-corrected chi connectivity index (χ2v) is 4.34. The first-order chi connectivity index (χ1) is 8.25. The average Bonchev–Trinajstić information content (AvgIpc) is 2.38. The quantitative estimate of drug-likeness (QED) is 0.663. The van der Waals surface area contributed by atoms with Crippen molar-refractivity contribution in [1.82, 2.24) is 10.6 Å². The molecule has 0 aromatic rings. The molecule has 1 fully saturated rings. The van der Waals surface area contributed by atoms with E-state index in [1.54, 1.807) is 12.2 Å². The number of carboxylic acid groups (broad SMARTS) is 1. The van der Waals surface area contributed by atoms with E-state index in [1.807, 2.05) is 0 Å². The standard InChI is InChI=1S/C12H18N2O3/c15-12(16)10-1-4-13-11(7-10)14-8-9-2-5-17-6-3-9/h1,7,9,13-14H,2-6,8H2,(H,15,16). The largest absolute Gasteiger partial charge is 0.478 e. The molecule has 0 bridgehead atoms. The number of hydrogen-bond acceptors (Lipinski definition) is 4. The molecule has 5 heteroatoms. The Kier molecular flexibility index (Phi) is 4.03. The topological polar surface area (TPSA) is 70.6 Å². The minimum absolute atomic E-state index is 0.346. The molecule has 0 radical (unpaired) electrons. The Morgan fingerprint density at radius 2 is 2.29 bits per heavy atom. The highest BCUT2D eigenvalue weighted by Crippen LogP contribution is 2.14. The molecule has 0 aliphatic carbocycles. The van der Waals surface area contributed by atoms with Gasteiger partial charge in [0.15, 0.2) is 0 Å². The zero-order valence-electron chi connectivity index (χ0n) is 9.74. The highest BCUT2D eigenvalue weighted by atomic mass is 16.5. The third kappa shape index (κ3) is 3.49. The molecule has 0 unspecified atom stereocenters. The van der Waals surface area contributed by atoms with Crippen LogP contribution < -0.4 is 10.6 Å². The summed E-state index contributed by atoms with van der Waals surface area (Å²) in [5.41, 5.74) is 0.346. The lowest BCUT2D eigenvalue weighted by Crippen LogP contribution is -2.34. The minimum atomic E-state index is -0.878. The number of carbonyl (C=O) groups is 1. The van der Waals surface area contributed by atoms with Crippen LogP contribution in [0.3, 0.4) is 0 Å². The van der Waals surface area contributed by atoms with Crippen molar-refractivity contribution in [2.75, 3.05) is 26.3 Å². The predicted molar refractivity (Wildman–Crippen MR) is 63.4 cm³/mol.